The van der Waals surface area contributed by atoms with E-state index in [1.807, 2.05) is 46.0 Å². The Kier molecular flexibility index (Phi) is 7.02. The minimum atomic E-state index is -0.222. The average molecular weight is 470 g/mol. The fraction of sp³-hybridized carbons (Fsp3) is 0.357. The summed E-state index contributed by atoms with van der Waals surface area (Å²) in [6.45, 7) is 2.13. The molecule has 0 fully saturated rings. The van der Waals surface area contributed by atoms with Crippen LogP contribution >= 0.6 is 0 Å². The van der Waals surface area contributed by atoms with E-state index in [0.29, 0.717) is 38.3 Å². The maximum absolute atomic E-state index is 13.2. The SMILES string of the molecule is O=C(NCc1ccccn1)c1nn(CCc2ccccc2)c2c1CN(C(=O)C1CC=CCC1)CC2. The Hall–Kier alpha value is -3.74. The van der Waals surface area contributed by atoms with Gasteiger partial charge in [0, 0.05) is 49.4 Å². The van der Waals surface area contributed by atoms with Crippen molar-refractivity contribution in [2.24, 2.45) is 5.92 Å². The summed E-state index contributed by atoms with van der Waals surface area (Å²) in [4.78, 5) is 32.7. The van der Waals surface area contributed by atoms with Crippen LogP contribution in [0.5, 0.6) is 0 Å². The molecule has 1 aromatic carbocycles. The van der Waals surface area contributed by atoms with Gasteiger partial charge in [0.15, 0.2) is 5.69 Å². The standard InChI is InChI=1S/C28H31N5O2/c34-27(30-19-23-13-7-8-16-29-23)26-24-20-32(28(35)22-11-5-2-6-12-22)17-15-25(24)33(31-26)18-14-21-9-3-1-4-10-21/h1-5,7-10,13,16,22H,6,11-12,14-15,17-20H2,(H,30,34). The number of fused-ring (bicyclic) bond motifs is 1. The van der Waals surface area contributed by atoms with Gasteiger partial charge in [0.25, 0.3) is 5.91 Å². The fourth-order valence-corrected chi connectivity index (χ4v) is 4.96. The summed E-state index contributed by atoms with van der Waals surface area (Å²) in [5.74, 6) is 0.00764. The van der Waals surface area contributed by atoms with Crippen molar-refractivity contribution in [2.75, 3.05) is 6.54 Å². The van der Waals surface area contributed by atoms with Crippen molar-refractivity contribution in [1.82, 2.24) is 25.0 Å². The summed E-state index contributed by atoms with van der Waals surface area (Å²) in [6.07, 6.45) is 10.2. The highest BCUT2D eigenvalue weighted by atomic mass is 16.2. The molecule has 7 nitrogen and oxygen atoms in total. The van der Waals surface area contributed by atoms with Crippen LogP contribution < -0.4 is 5.32 Å². The van der Waals surface area contributed by atoms with E-state index in [2.05, 4.69) is 34.6 Å². The predicted octanol–water partition coefficient (Wildman–Crippen LogP) is 3.69. The van der Waals surface area contributed by atoms with Gasteiger partial charge in [-0.2, -0.15) is 5.10 Å². The second kappa shape index (κ2) is 10.7. The molecule has 3 aromatic rings. The summed E-state index contributed by atoms with van der Waals surface area (Å²) in [5, 5.41) is 7.73. The monoisotopic (exact) mass is 469 g/mol. The van der Waals surface area contributed by atoms with E-state index in [4.69, 9.17) is 5.10 Å². The number of rotatable bonds is 7. The summed E-state index contributed by atoms with van der Waals surface area (Å²) in [6, 6.07) is 15.9. The second-order valence-electron chi connectivity index (χ2n) is 9.23. The Labute approximate surface area is 205 Å². The molecule has 1 aliphatic carbocycles. The number of amides is 2. The molecule has 0 spiro atoms. The summed E-state index contributed by atoms with van der Waals surface area (Å²) in [7, 11) is 0. The molecule has 1 aliphatic heterocycles. The van der Waals surface area contributed by atoms with Crippen molar-refractivity contribution >= 4 is 11.8 Å². The Balaban J connectivity index is 1.37. The lowest BCUT2D eigenvalue weighted by Crippen LogP contribution is -2.40. The number of aryl methyl sites for hydroxylation is 2. The average Bonchev–Trinajstić information content (AvgIpc) is 3.30. The van der Waals surface area contributed by atoms with Crippen molar-refractivity contribution in [1.29, 1.82) is 0 Å². The Morgan fingerprint density at radius 3 is 2.69 bits per heavy atom. The maximum atomic E-state index is 13.2. The summed E-state index contributed by atoms with van der Waals surface area (Å²) < 4.78 is 1.98. The minimum Gasteiger partial charge on any atom is -0.345 e. The van der Waals surface area contributed by atoms with E-state index < -0.39 is 0 Å². The highest BCUT2D eigenvalue weighted by Crippen LogP contribution is 2.27. The van der Waals surface area contributed by atoms with Gasteiger partial charge in [0.05, 0.1) is 12.2 Å². The van der Waals surface area contributed by atoms with Gasteiger partial charge in [-0.15, -0.1) is 0 Å². The highest BCUT2D eigenvalue weighted by molar-refractivity contribution is 5.94. The Morgan fingerprint density at radius 2 is 1.91 bits per heavy atom. The second-order valence-corrected chi connectivity index (χ2v) is 9.23. The van der Waals surface area contributed by atoms with E-state index in [1.165, 1.54) is 5.56 Å². The number of aromatic nitrogens is 3. The van der Waals surface area contributed by atoms with Gasteiger partial charge in [-0.25, -0.2) is 0 Å². The third-order valence-corrected chi connectivity index (χ3v) is 6.89. The molecular formula is C28H31N5O2. The number of carbonyl (C=O) groups excluding carboxylic acids is 2. The van der Waals surface area contributed by atoms with Gasteiger partial charge in [-0.1, -0.05) is 48.6 Å². The molecule has 35 heavy (non-hydrogen) atoms. The molecule has 0 saturated heterocycles. The van der Waals surface area contributed by atoms with E-state index in [9.17, 15) is 9.59 Å². The molecule has 3 heterocycles. The summed E-state index contributed by atoms with van der Waals surface area (Å²) in [5.41, 5.74) is 4.39. The van der Waals surface area contributed by atoms with Crippen molar-refractivity contribution in [3.8, 4) is 0 Å². The number of pyridine rings is 1. The number of allylic oxidation sites excluding steroid dienone is 2. The van der Waals surface area contributed by atoms with Gasteiger partial charge in [-0.3, -0.25) is 19.3 Å². The lowest BCUT2D eigenvalue weighted by Gasteiger charge is -2.31. The molecule has 0 radical (unpaired) electrons. The third-order valence-electron chi connectivity index (χ3n) is 6.89. The van der Waals surface area contributed by atoms with E-state index >= 15 is 0 Å². The Bertz CT molecular complexity index is 1200. The number of hydrogen-bond acceptors (Lipinski definition) is 4. The van der Waals surface area contributed by atoms with Crippen LogP contribution in [-0.4, -0.2) is 38.0 Å². The van der Waals surface area contributed by atoms with Gasteiger partial charge in [-0.05, 0) is 43.4 Å². The van der Waals surface area contributed by atoms with Gasteiger partial charge < -0.3 is 10.2 Å². The van der Waals surface area contributed by atoms with Crippen LogP contribution in [-0.2, 0) is 37.3 Å². The maximum Gasteiger partial charge on any atom is 0.272 e. The van der Waals surface area contributed by atoms with E-state index in [-0.39, 0.29) is 17.7 Å². The first-order valence-corrected chi connectivity index (χ1v) is 12.4. The quantitative estimate of drug-likeness (QED) is 0.535. The largest absolute Gasteiger partial charge is 0.345 e. The van der Waals surface area contributed by atoms with Crippen molar-refractivity contribution in [3.63, 3.8) is 0 Å². The zero-order valence-electron chi connectivity index (χ0n) is 19.9. The third kappa shape index (κ3) is 5.34. The summed E-state index contributed by atoms with van der Waals surface area (Å²) >= 11 is 0. The highest BCUT2D eigenvalue weighted by Gasteiger charge is 2.32. The topological polar surface area (TPSA) is 80.1 Å². The lowest BCUT2D eigenvalue weighted by atomic mass is 9.92. The van der Waals surface area contributed by atoms with Crippen LogP contribution in [0, 0.1) is 5.92 Å². The molecule has 2 aliphatic rings. The van der Waals surface area contributed by atoms with Crippen LogP contribution in [0.1, 0.15) is 52.3 Å². The van der Waals surface area contributed by atoms with Gasteiger partial charge in [0.1, 0.15) is 0 Å². The lowest BCUT2D eigenvalue weighted by molar-refractivity contribution is -0.136. The molecule has 1 N–H and O–H groups in total. The van der Waals surface area contributed by atoms with Crippen LogP contribution in [0.15, 0.2) is 66.9 Å². The molecule has 0 saturated carbocycles. The molecule has 1 unspecified atom stereocenters. The van der Waals surface area contributed by atoms with E-state index in [0.717, 1.165) is 42.6 Å². The first-order chi connectivity index (χ1) is 17.2. The van der Waals surface area contributed by atoms with Crippen LogP contribution in [0.25, 0.3) is 0 Å². The molecule has 5 rings (SSSR count). The first kappa shape index (κ1) is 23.0. The number of benzene rings is 1. The van der Waals surface area contributed by atoms with Crippen molar-refractivity contribution in [3.05, 3.63) is 95.1 Å². The molecule has 2 amide bonds. The van der Waals surface area contributed by atoms with E-state index in [1.54, 1.807) is 6.20 Å². The Morgan fingerprint density at radius 1 is 1.06 bits per heavy atom. The van der Waals surface area contributed by atoms with Crippen LogP contribution in [0.4, 0.5) is 0 Å². The van der Waals surface area contributed by atoms with Crippen LogP contribution in [0.2, 0.25) is 0 Å². The van der Waals surface area contributed by atoms with Crippen molar-refractivity contribution in [2.45, 2.75) is 51.7 Å². The predicted molar refractivity (Wildman–Crippen MR) is 133 cm³/mol. The van der Waals surface area contributed by atoms with Gasteiger partial charge >= 0.3 is 0 Å². The zero-order valence-corrected chi connectivity index (χ0v) is 19.9. The molecule has 2 aromatic heterocycles. The number of hydrogen-bond donors (Lipinski definition) is 1. The smallest absolute Gasteiger partial charge is 0.272 e. The number of nitrogens with one attached hydrogen (secondary N) is 1. The minimum absolute atomic E-state index is 0.0381. The van der Waals surface area contributed by atoms with Gasteiger partial charge in [0.2, 0.25) is 5.91 Å². The first-order valence-electron chi connectivity index (χ1n) is 12.4. The molecule has 180 valence electrons. The molecule has 1 atom stereocenters. The molecule has 0 bridgehead atoms. The molecular weight excluding hydrogens is 438 g/mol. The number of carbonyl (C=O) groups is 2. The zero-order chi connectivity index (χ0) is 24.0. The van der Waals surface area contributed by atoms with Crippen LogP contribution in [0.3, 0.4) is 0 Å². The normalized spacial score (nSPS) is 17.1. The number of nitrogens with zero attached hydrogens (tertiary/aromatic N) is 4. The van der Waals surface area contributed by atoms with Crippen molar-refractivity contribution < 1.29 is 9.59 Å². The fourth-order valence-electron chi connectivity index (χ4n) is 4.96. The molecule has 7 heteroatoms.